The van der Waals surface area contributed by atoms with Gasteiger partial charge in [-0.15, -0.1) is 11.3 Å². The monoisotopic (exact) mass is 394 g/mol. The van der Waals surface area contributed by atoms with Crippen LogP contribution in [0.5, 0.6) is 0 Å². The van der Waals surface area contributed by atoms with Crippen LogP contribution < -0.4 is 0 Å². The smallest absolute Gasteiger partial charge is 0.255 e. The highest BCUT2D eigenvalue weighted by atomic mass is 32.1. The molecule has 0 radical (unpaired) electrons. The number of aryl methyl sites for hydroxylation is 1. The summed E-state index contributed by atoms with van der Waals surface area (Å²) in [6, 6.07) is 5.93. The van der Waals surface area contributed by atoms with Gasteiger partial charge in [-0.1, -0.05) is 6.07 Å². The lowest BCUT2D eigenvalue weighted by Crippen LogP contribution is -2.52. The molecule has 0 saturated carbocycles. The fraction of sp³-hybridized carbons (Fsp3) is 0.381. The number of carbonyl (C=O) groups excluding carboxylic acids is 1. The van der Waals surface area contributed by atoms with E-state index in [4.69, 9.17) is 0 Å². The summed E-state index contributed by atoms with van der Waals surface area (Å²) < 4.78 is 0. The quantitative estimate of drug-likeness (QED) is 0.712. The molecule has 2 bridgehead atoms. The number of fused-ring (bicyclic) bond motifs is 2. The molecule has 5 heterocycles. The first-order chi connectivity index (χ1) is 13.5. The second kappa shape index (κ2) is 6.53. The predicted octanol–water partition coefficient (Wildman–Crippen LogP) is 3.50. The Hall–Kier alpha value is -2.51. The summed E-state index contributed by atoms with van der Waals surface area (Å²) in [5.74, 6) is 0.0679. The van der Waals surface area contributed by atoms with Crippen molar-refractivity contribution < 1.29 is 9.90 Å². The van der Waals surface area contributed by atoms with Gasteiger partial charge in [0, 0.05) is 53.1 Å². The Kier molecular flexibility index (Phi) is 4.10. The van der Waals surface area contributed by atoms with Crippen LogP contribution in [0.3, 0.4) is 0 Å². The van der Waals surface area contributed by atoms with Gasteiger partial charge in [-0.2, -0.15) is 5.10 Å². The van der Waals surface area contributed by atoms with Gasteiger partial charge in [0.15, 0.2) is 0 Å². The van der Waals surface area contributed by atoms with Crippen molar-refractivity contribution in [2.45, 2.75) is 50.3 Å². The third-order valence-corrected chi connectivity index (χ3v) is 7.06. The van der Waals surface area contributed by atoms with Gasteiger partial charge in [-0.3, -0.25) is 14.9 Å². The van der Waals surface area contributed by atoms with Gasteiger partial charge < -0.3 is 10.0 Å². The zero-order valence-electron chi connectivity index (χ0n) is 15.6. The SMILES string of the molecule is Cc1cccnc1C1(O)CC2CCC(C1)N2C(=O)c1csc(-c2cn[nH]c2)c1. The van der Waals surface area contributed by atoms with E-state index in [1.807, 2.05) is 41.6 Å². The number of carbonyl (C=O) groups is 1. The van der Waals surface area contributed by atoms with E-state index in [0.29, 0.717) is 12.8 Å². The lowest BCUT2D eigenvalue weighted by atomic mass is 9.81. The number of hydrogen-bond acceptors (Lipinski definition) is 5. The molecule has 2 atom stereocenters. The molecule has 3 aromatic heterocycles. The van der Waals surface area contributed by atoms with Gasteiger partial charge in [0.2, 0.25) is 0 Å². The lowest BCUT2D eigenvalue weighted by Gasteiger charge is -2.43. The highest BCUT2D eigenvalue weighted by Crippen LogP contribution is 2.46. The van der Waals surface area contributed by atoms with Crippen molar-refractivity contribution >= 4 is 17.2 Å². The number of pyridine rings is 1. The van der Waals surface area contributed by atoms with Crippen molar-refractivity contribution in [3.05, 3.63) is 59.0 Å². The van der Waals surface area contributed by atoms with Gasteiger partial charge >= 0.3 is 0 Å². The number of nitrogens with zero attached hydrogens (tertiary/aromatic N) is 3. The van der Waals surface area contributed by atoms with E-state index in [9.17, 15) is 9.90 Å². The average molecular weight is 395 g/mol. The first kappa shape index (κ1) is 17.6. The second-order valence-electron chi connectivity index (χ2n) is 7.89. The second-order valence-corrected chi connectivity index (χ2v) is 8.80. The van der Waals surface area contributed by atoms with Crippen LogP contribution in [0.1, 0.15) is 47.3 Å². The first-order valence-corrected chi connectivity index (χ1v) is 10.5. The number of piperidine rings is 1. The van der Waals surface area contributed by atoms with Gasteiger partial charge in [0.1, 0.15) is 5.60 Å². The van der Waals surface area contributed by atoms with Crippen molar-refractivity contribution in [1.29, 1.82) is 0 Å². The normalized spacial score (nSPS) is 26.6. The van der Waals surface area contributed by atoms with Crippen LogP contribution in [-0.4, -0.2) is 43.2 Å². The minimum Gasteiger partial charge on any atom is -0.383 e. The maximum absolute atomic E-state index is 13.3. The summed E-state index contributed by atoms with van der Waals surface area (Å²) in [5, 5.41) is 20.1. The number of hydrogen-bond donors (Lipinski definition) is 2. The molecule has 5 rings (SSSR count). The van der Waals surface area contributed by atoms with Crippen LogP contribution in [0.25, 0.3) is 10.4 Å². The minimum absolute atomic E-state index is 0.0509. The van der Waals surface area contributed by atoms with E-state index < -0.39 is 5.60 Å². The van der Waals surface area contributed by atoms with E-state index in [1.165, 1.54) is 0 Å². The summed E-state index contributed by atoms with van der Waals surface area (Å²) in [6.07, 6.45) is 8.30. The molecule has 28 heavy (non-hydrogen) atoms. The Labute approximate surface area is 167 Å². The maximum atomic E-state index is 13.3. The number of H-pyrrole nitrogens is 1. The van der Waals surface area contributed by atoms with Gasteiger partial charge in [-0.25, -0.2) is 0 Å². The standard InChI is InChI=1S/C21H22N4O2S/c1-13-3-2-6-22-19(13)21(27)8-16-4-5-17(9-21)25(16)20(26)14-7-18(28-12-14)15-10-23-24-11-15/h2-3,6-7,10-12,16-17,27H,4-5,8-9H2,1H3,(H,23,24). The molecular formula is C21H22N4O2S. The summed E-state index contributed by atoms with van der Waals surface area (Å²) in [6.45, 7) is 1.99. The number of aliphatic hydroxyl groups is 1. The minimum atomic E-state index is -0.954. The van der Waals surface area contributed by atoms with Crippen molar-refractivity contribution in [2.24, 2.45) is 0 Å². The number of aromatic amines is 1. The summed E-state index contributed by atoms with van der Waals surface area (Å²) in [5.41, 5.74) is 2.52. The largest absolute Gasteiger partial charge is 0.383 e. The van der Waals surface area contributed by atoms with Gasteiger partial charge in [0.25, 0.3) is 5.91 Å². The third kappa shape index (κ3) is 2.77. The molecule has 3 aromatic rings. The predicted molar refractivity (Wildman–Crippen MR) is 107 cm³/mol. The number of rotatable bonds is 3. The number of nitrogens with one attached hydrogen (secondary N) is 1. The van der Waals surface area contributed by atoms with Crippen molar-refractivity contribution in [2.75, 3.05) is 0 Å². The van der Waals surface area contributed by atoms with Crippen molar-refractivity contribution in [3.63, 3.8) is 0 Å². The Morgan fingerprint density at radius 1 is 1.36 bits per heavy atom. The van der Waals surface area contributed by atoms with E-state index in [-0.39, 0.29) is 18.0 Å². The van der Waals surface area contributed by atoms with Crippen LogP contribution in [0.2, 0.25) is 0 Å². The zero-order valence-corrected chi connectivity index (χ0v) is 16.4. The maximum Gasteiger partial charge on any atom is 0.255 e. The van der Waals surface area contributed by atoms with Crippen molar-refractivity contribution in [1.82, 2.24) is 20.1 Å². The van der Waals surface area contributed by atoms with E-state index in [2.05, 4.69) is 15.2 Å². The molecule has 7 heteroatoms. The van der Waals surface area contributed by atoms with Crippen LogP contribution in [0.15, 0.2) is 42.2 Å². The fourth-order valence-electron chi connectivity index (χ4n) is 4.86. The highest BCUT2D eigenvalue weighted by Gasteiger charge is 2.51. The van der Waals surface area contributed by atoms with Crippen molar-refractivity contribution in [3.8, 4) is 10.4 Å². The molecule has 2 saturated heterocycles. The summed E-state index contributed by atoms with van der Waals surface area (Å²) >= 11 is 1.55. The summed E-state index contributed by atoms with van der Waals surface area (Å²) in [4.78, 5) is 20.8. The molecule has 1 amide bonds. The zero-order chi connectivity index (χ0) is 19.3. The Balaban J connectivity index is 1.40. The molecular weight excluding hydrogens is 372 g/mol. The lowest BCUT2D eigenvalue weighted by molar-refractivity contribution is -0.0512. The molecule has 6 nitrogen and oxygen atoms in total. The molecule has 2 aliphatic rings. The van der Waals surface area contributed by atoms with Crippen LogP contribution in [0, 0.1) is 6.92 Å². The molecule has 2 unspecified atom stereocenters. The molecule has 2 N–H and O–H groups in total. The highest BCUT2D eigenvalue weighted by molar-refractivity contribution is 7.13. The Bertz CT molecular complexity index is 999. The number of thiophene rings is 1. The molecule has 0 spiro atoms. The van der Waals surface area contributed by atoms with E-state index in [1.54, 1.807) is 23.7 Å². The van der Waals surface area contributed by atoms with Gasteiger partial charge in [0.05, 0.1) is 17.5 Å². The topological polar surface area (TPSA) is 82.1 Å². The third-order valence-electron chi connectivity index (χ3n) is 6.08. The molecule has 2 fully saturated rings. The number of amides is 1. The molecule has 0 aliphatic carbocycles. The Morgan fingerprint density at radius 2 is 2.14 bits per heavy atom. The first-order valence-electron chi connectivity index (χ1n) is 9.60. The Morgan fingerprint density at radius 3 is 2.82 bits per heavy atom. The van der Waals surface area contributed by atoms with E-state index in [0.717, 1.165) is 40.1 Å². The molecule has 144 valence electrons. The van der Waals surface area contributed by atoms with Crippen LogP contribution >= 0.6 is 11.3 Å². The van der Waals surface area contributed by atoms with E-state index >= 15 is 0 Å². The van der Waals surface area contributed by atoms with Crippen LogP contribution in [0.4, 0.5) is 0 Å². The molecule has 2 aliphatic heterocycles. The molecule has 0 aromatic carbocycles. The number of aromatic nitrogens is 3. The van der Waals surface area contributed by atoms with Gasteiger partial charge in [-0.05, 0) is 37.5 Å². The fourth-order valence-corrected chi connectivity index (χ4v) is 5.72. The summed E-state index contributed by atoms with van der Waals surface area (Å²) in [7, 11) is 0. The average Bonchev–Trinajstić information content (AvgIpc) is 3.41. The van der Waals surface area contributed by atoms with Crippen LogP contribution in [-0.2, 0) is 5.60 Å².